The molecule has 0 unspecified atom stereocenters. The van der Waals surface area contributed by atoms with Gasteiger partial charge < -0.3 is 0 Å². The van der Waals surface area contributed by atoms with Crippen molar-refractivity contribution in [3.63, 3.8) is 0 Å². The minimum atomic E-state index is -2.99. The van der Waals surface area contributed by atoms with E-state index in [0.717, 1.165) is 31.0 Å². The third-order valence-electron chi connectivity index (χ3n) is 1.65. The Morgan fingerprint density at radius 1 is 1.23 bits per heavy atom. The second kappa shape index (κ2) is 7.76. The highest BCUT2D eigenvalue weighted by Gasteiger charge is 2.07. The predicted molar refractivity (Wildman–Crippen MR) is 59.7 cm³/mol. The van der Waals surface area contributed by atoms with Crippen LogP contribution in [-0.2, 0) is 10.0 Å². The van der Waals surface area contributed by atoms with E-state index in [1.54, 1.807) is 0 Å². The number of unbranched alkanes of at least 4 members (excludes halogenated alkanes) is 2. The van der Waals surface area contributed by atoms with Gasteiger partial charge in [0.2, 0.25) is 10.0 Å². The van der Waals surface area contributed by atoms with Crippen LogP contribution in [0.3, 0.4) is 0 Å². The van der Waals surface area contributed by atoms with Crippen LogP contribution >= 0.6 is 15.9 Å². The fraction of sp³-hybridized carbons (Fsp3) is 1.00. The smallest absolute Gasteiger partial charge is 0.211 e. The number of sulfonamides is 1. The van der Waals surface area contributed by atoms with Crippen LogP contribution in [0.1, 0.15) is 32.6 Å². The summed E-state index contributed by atoms with van der Waals surface area (Å²) in [5.74, 6) is 0.262. The van der Waals surface area contributed by atoms with Crippen LogP contribution in [-0.4, -0.2) is 26.0 Å². The fourth-order valence-corrected chi connectivity index (χ4v) is 2.52. The molecule has 13 heavy (non-hydrogen) atoms. The number of halogens is 1. The lowest BCUT2D eigenvalue weighted by atomic mass is 10.3. The molecule has 0 amide bonds. The molecule has 80 valence electrons. The lowest BCUT2D eigenvalue weighted by Crippen LogP contribution is -2.27. The van der Waals surface area contributed by atoms with E-state index in [4.69, 9.17) is 0 Å². The first kappa shape index (κ1) is 13.4. The van der Waals surface area contributed by atoms with Gasteiger partial charge in [0.15, 0.2) is 0 Å². The Kier molecular flexibility index (Phi) is 8.00. The average molecular weight is 272 g/mol. The molecule has 0 atom stereocenters. The number of hydrogen-bond acceptors (Lipinski definition) is 2. The van der Waals surface area contributed by atoms with Crippen molar-refractivity contribution in [2.75, 3.05) is 17.6 Å². The van der Waals surface area contributed by atoms with Crippen LogP contribution in [0, 0.1) is 0 Å². The van der Waals surface area contributed by atoms with E-state index in [1.165, 1.54) is 0 Å². The molecule has 0 spiro atoms. The molecule has 0 radical (unpaired) electrons. The highest BCUT2D eigenvalue weighted by atomic mass is 79.9. The number of rotatable bonds is 8. The summed E-state index contributed by atoms with van der Waals surface area (Å²) in [5.41, 5.74) is 0. The number of nitrogens with one attached hydrogen (secondary N) is 1. The maximum absolute atomic E-state index is 11.2. The maximum atomic E-state index is 11.2. The molecule has 0 bridgehead atoms. The third-order valence-corrected chi connectivity index (χ3v) is 3.68. The summed E-state index contributed by atoms with van der Waals surface area (Å²) in [6.07, 6.45) is 3.57. The largest absolute Gasteiger partial charge is 0.215 e. The van der Waals surface area contributed by atoms with E-state index in [1.807, 2.05) is 6.92 Å². The molecule has 0 rings (SSSR count). The van der Waals surface area contributed by atoms with Gasteiger partial charge in [0.05, 0.1) is 5.75 Å². The lowest BCUT2D eigenvalue weighted by molar-refractivity contribution is 0.575. The zero-order chi connectivity index (χ0) is 10.2. The minimum absolute atomic E-state index is 0.262. The fourth-order valence-electron chi connectivity index (χ4n) is 0.854. The predicted octanol–water partition coefficient (Wildman–Crippen LogP) is 1.88. The highest BCUT2D eigenvalue weighted by molar-refractivity contribution is 9.09. The van der Waals surface area contributed by atoms with Gasteiger partial charge in [0, 0.05) is 11.9 Å². The molecule has 0 aliphatic carbocycles. The first-order valence-corrected chi connectivity index (χ1v) is 7.43. The minimum Gasteiger partial charge on any atom is -0.215 e. The quantitative estimate of drug-likeness (QED) is 0.541. The average Bonchev–Trinajstić information content (AvgIpc) is 2.09. The number of hydrogen-bond donors (Lipinski definition) is 1. The summed E-state index contributed by atoms with van der Waals surface area (Å²) in [5, 5.41) is 0.934. The van der Waals surface area contributed by atoms with Crippen molar-refractivity contribution in [2.45, 2.75) is 32.6 Å². The third kappa shape index (κ3) is 8.71. The van der Waals surface area contributed by atoms with Crippen molar-refractivity contribution in [1.82, 2.24) is 4.72 Å². The van der Waals surface area contributed by atoms with Crippen molar-refractivity contribution in [3.05, 3.63) is 0 Å². The summed E-state index contributed by atoms with van der Waals surface area (Å²) < 4.78 is 25.0. The van der Waals surface area contributed by atoms with Gasteiger partial charge in [-0.2, -0.15) is 0 Å². The SMILES string of the molecule is CCCCS(=O)(=O)NCCCCBr. The van der Waals surface area contributed by atoms with E-state index < -0.39 is 10.0 Å². The van der Waals surface area contributed by atoms with Gasteiger partial charge in [-0.3, -0.25) is 0 Å². The molecule has 0 heterocycles. The molecule has 0 saturated carbocycles. The highest BCUT2D eigenvalue weighted by Crippen LogP contribution is 1.96. The van der Waals surface area contributed by atoms with Crippen LogP contribution in [0.2, 0.25) is 0 Å². The Bertz CT molecular complexity index is 204. The van der Waals surface area contributed by atoms with Crippen molar-refractivity contribution < 1.29 is 8.42 Å². The van der Waals surface area contributed by atoms with E-state index >= 15 is 0 Å². The van der Waals surface area contributed by atoms with E-state index in [2.05, 4.69) is 20.7 Å². The first-order valence-electron chi connectivity index (χ1n) is 4.65. The van der Waals surface area contributed by atoms with Crippen molar-refractivity contribution >= 4 is 26.0 Å². The van der Waals surface area contributed by atoms with Crippen molar-refractivity contribution in [1.29, 1.82) is 0 Å². The van der Waals surface area contributed by atoms with Gasteiger partial charge in [-0.05, 0) is 19.3 Å². The van der Waals surface area contributed by atoms with Crippen molar-refractivity contribution in [3.8, 4) is 0 Å². The topological polar surface area (TPSA) is 46.2 Å². The number of alkyl halides is 1. The molecule has 5 heteroatoms. The molecule has 0 aromatic rings. The standard InChI is InChI=1S/C8H18BrNO2S/c1-2-3-8-13(11,12)10-7-5-4-6-9/h10H,2-8H2,1H3. The van der Waals surface area contributed by atoms with E-state index in [0.29, 0.717) is 6.54 Å². The zero-order valence-electron chi connectivity index (χ0n) is 8.05. The molecule has 0 saturated heterocycles. The molecule has 3 nitrogen and oxygen atoms in total. The van der Waals surface area contributed by atoms with Gasteiger partial charge in [-0.15, -0.1) is 0 Å². The van der Waals surface area contributed by atoms with Gasteiger partial charge in [0.1, 0.15) is 0 Å². The van der Waals surface area contributed by atoms with Gasteiger partial charge in [-0.1, -0.05) is 29.3 Å². The van der Waals surface area contributed by atoms with Gasteiger partial charge in [-0.25, -0.2) is 13.1 Å². The molecular formula is C8H18BrNO2S. The summed E-state index contributed by atoms with van der Waals surface area (Å²) in [4.78, 5) is 0. The van der Waals surface area contributed by atoms with Crippen LogP contribution in [0.25, 0.3) is 0 Å². The summed E-state index contributed by atoms with van der Waals surface area (Å²) in [6.45, 7) is 2.55. The first-order chi connectivity index (χ1) is 6.12. The van der Waals surface area contributed by atoms with Crippen molar-refractivity contribution in [2.24, 2.45) is 0 Å². The van der Waals surface area contributed by atoms with Crippen LogP contribution in [0.4, 0.5) is 0 Å². The maximum Gasteiger partial charge on any atom is 0.211 e. The Morgan fingerprint density at radius 3 is 2.46 bits per heavy atom. The molecule has 1 N–H and O–H groups in total. The summed E-state index contributed by atoms with van der Waals surface area (Å²) in [7, 11) is -2.99. The Balaban J connectivity index is 3.52. The second-order valence-electron chi connectivity index (χ2n) is 2.96. The van der Waals surface area contributed by atoms with E-state index in [-0.39, 0.29) is 5.75 Å². The second-order valence-corrected chi connectivity index (χ2v) is 5.68. The monoisotopic (exact) mass is 271 g/mol. The summed E-state index contributed by atoms with van der Waals surface area (Å²) >= 11 is 3.29. The molecule has 0 aliphatic heterocycles. The zero-order valence-corrected chi connectivity index (χ0v) is 10.5. The Hall–Kier alpha value is 0.390. The molecule has 0 aromatic carbocycles. The van der Waals surface area contributed by atoms with Gasteiger partial charge >= 0.3 is 0 Å². The molecule has 0 fully saturated rings. The van der Waals surface area contributed by atoms with Crippen LogP contribution < -0.4 is 4.72 Å². The molecule has 0 aromatic heterocycles. The normalized spacial score (nSPS) is 11.8. The summed E-state index contributed by atoms with van der Waals surface area (Å²) in [6, 6.07) is 0. The molecular weight excluding hydrogens is 254 g/mol. The molecule has 0 aliphatic rings. The lowest BCUT2D eigenvalue weighted by Gasteiger charge is -2.04. The van der Waals surface area contributed by atoms with Crippen LogP contribution in [0.5, 0.6) is 0 Å². The Labute approximate surface area is 89.5 Å². The Morgan fingerprint density at radius 2 is 1.92 bits per heavy atom. The van der Waals surface area contributed by atoms with Crippen LogP contribution in [0.15, 0.2) is 0 Å². The van der Waals surface area contributed by atoms with E-state index in [9.17, 15) is 8.42 Å². The van der Waals surface area contributed by atoms with Gasteiger partial charge in [0.25, 0.3) is 0 Å².